The van der Waals surface area contributed by atoms with Gasteiger partial charge in [0.15, 0.2) is 0 Å². The number of rotatable bonds is 12. The van der Waals surface area contributed by atoms with Crippen molar-refractivity contribution in [2.24, 2.45) is 5.73 Å². The maximum absolute atomic E-state index is 12.8. The Bertz CT molecular complexity index is 1860. The number of fused-ring (bicyclic) bond motifs is 2. The topological polar surface area (TPSA) is 126 Å². The predicted octanol–water partition coefficient (Wildman–Crippen LogP) is 9.88. The quantitative estimate of drug-likeness (QED) is 0.107. The van der Waals surface area contributed by atoms with Crippen LogP contribution in [0.4, 0.5) is 0 Å². The summed E-state index contributed by atoms with van der Waals surface area (Å²) in [6, 6.07) is 29.8. The van der Waals surface area contributed by atoms with Gasteiger partial charge in [0.1, 0.15) is 23.1 Å². The van der Waals surface area contributed by atoms with E-state index in [2.05, 4.69) is 23.0 Å². The van der Waals surface area contributed by atoms with E-state index in [4.69, 9.17) is 28.9 Å². The highest BCUT2D eigenvalue weighted by Crippen LogP contribution is 2.27. The number of nitrogens with two attached hydrogens (primary N) is 1. The summed E-state index contributed by atoms with van der Waals surface area (Å²) in [7, 11) is 0. The average molecular weight is 741 g/mol. The normalized spacial score (nSPS) is 11.6. The molecule has 2 heterocycles. The first-order valence-electron chi connectivity index (χ1n) is 16.9. The van der Waals surface area contributed by atoms with E-state index < -0.39 is 0 Å². The average Bonchev–Trinajstić information content (AvgIpc) is 3.14. The molecule has 0 saturated carbocycles. The minimum absolute atomic E-state index is 0. The zero-order valence-electron chi connectivity index (χ0n) is 28.6. The van der Waals surface area contributed by atoms with Gasteiger partial charge in [-0.25, -0.2) is 0 Å². The predicted molar refractivity (Wildman–Crippen MR) is 214 cm³/mol. The minimum Gasteiger partial charge on any atom is -0.508 e. The van der Waals surface area contributed by atoms with Crippen LogP contribution >= 0.6 is 23.2 Å². The Morgan fingerprint density at radius 3 is 1.42 bits per heavy atom. The van der Waals surface area contributed by atoms with Gasteiger partial charge in [0.05, 0.1) is 5.34 Å². The van der Waals surface area contributed by atoms with Crippen LogP contribution in [0.3, 0.4) is 0 Å². The van der Waals surface area contributed by atoms with Crippen molar-refractivity contribution in [3.05, 3.63) is 144 Å². The molecule has 0 radical (unpaired) electrons. The maximum atomic E-state index is 12.8. The molecule has 9 heteroatoms. The van der Waals surface area contributed by atoms with E-state index in [0.29, 0.717) is 25.8 Å². The lowest BCUT2D eigenvalue weighted by Gasteiger charge is -2.16. The van der Waals surface area contributed by atoms with Crippen LogP contribution in [0.5, 0.6) is 11.5 Å². The molecule has 7 nitrogen and oxygen atoms in total. The van der Waals surface area contributed by atoms with Gasteiger partial charge in [0, 0.05) is 60.2 Å². The monoisotopic (exact) mass is 739 g/mol. The highest BCUT2D eigenvalue weighted by atomic mass is 35.5. The zero-order chi connectivity index (χ0) is 36.6. The van der Waals surface area contributed by atoms with Crippen molar-refractivity contribution >= 4 is 56.3 Å². The van der Waals surface area contributed by atoms with Crippen molar-refractivity contribution in [3.8, 4) is 11.5 Å². The second-order valence-electron chi connectivity index (χ2n) is 12.2. The van der Waals surface area contributed by atoms with Gasteiger partial charge in [-0.1, -0.05) is 81.4 Å². The van der Waals surface area contributed by atoms with Gasteiger partial charge in [0.25, 0.3) is 0 Å². The molecular formula is C43H47Cl2N3O4. The Morgan fingerprint density at radius 2 is 1.04 bits per heavy atom. The molecule has 6 rings (SSSR count). The molecule has 0 bridgehead atoms. The molecule has 0 spiro atoms. The second kappa shape index (κ2) is 21.5. The summed E-state index contributed by atoms with van der Waals surface area (Å²) < 4.78 is 0. The highest BCUT2D eigenvalue weighted by molar-refractivity contribution is 6.40. The number of nitrogens with zero attached hydrogens (tertiary/aromatic N) is 2. The molecule has 0 aliphatic heterocycles. The molecule has 4 aromatic carbocycles. The van der Waals surface area contributed by atoms with E-state index in [-0.39, 0.29) is 47.7 Å². The van der Waals surface area contributed by atoms with E-state index in [1.807, 2.05) is 67.0 Å². The van der Waals surface area contributed by atoms with E-state index in [9.17, 15) is 19.8 Å². The Morgan fingerprint density at radius 1 is 0.635 bits per heavy atom. The molecule has 0 amide bonds. The zero-order valence-corrected chi connectivity index (χ0v) is 30.1. The Kier molecular flexibility index (Phi) is 17.2. The number of pyridine rings is 2. The number of halogens is 2. The van der Waals surface area contributed by atoms with Crippen molar-refractivity contribution in [2.75, 3.05) is 11.9 Å². The number of alkyl halides is 2. The van der Waals surface area contributed by atoms with Gasteiger partial charge in [-0.2, -0.15) is 0 Å². The van der Waals surface area contributed by atoms with E-state index >= 15 is 0 Å². The third-order valence-corrected chi connectivity index (χ3v) is 8.57. The van der Waals surface area contributed by atoms with Crippen LogP contribution in [0.1, 0.15) is 67.7 Å². The summed E-state index contributed by atoms with van der Waals surface area (Å²) in [5.74, 6) is 0.411. The Balaban J connectivity index is 0.000000256. The first-order chi connectivity index (χ1) is 24.8. The summed E-state index contributed by atoms with van der Waals surface area (Å²) in [5, 5.41) is 23.4. The fraction of sp³-hybridized carbons (Fsp3) is 0.256. The number of aromatic hydroxyl groups is 2. The number of hydrogen-bond acceptors (Lipinski definition) is 7. The van der Waals surface area contributed by atoms with Crippen molar-refractivity contribution in [1.82, 2.24) is 9.97 Å². The number of phenols is 2. The third kappa shape index (κ3) is 12.2. The lowest BCUT2D eigenvalue weighted by Crippen LogP contribution is -2.18. The second-order valence-corrected chi connectivity index (χ2v) is 13.0. The molecule has 0 fully saturated rings. The fourth-order valence-electron chi connectivity index (χ4n) is 6.03. The molecule has 0 aliphatic carbocycles. The van der Waals surface area contributed by atoms with Gasteiger partial charge < -0.3 is 15.9 Å². The molecule has 2 atom stereocenters. The molecule has 6 aromatic rings. The molecule has 4 N–H and O–H groups in total. The number of carbonyl (C=O) groups excluding carboxylic acids is 2. The van der Waals surface area contributed by atoms with E-state index in [1.54, 1.807) is 48.8 Å². The summed E-state index contributed by atoms with van der Waals surface area (Å²) in [5.41, 5.74) is 9.58. The van der Waals surface area contributed by atoms with Crippen molar-refractivity contribution in [2.45, 2.75) is 58.3 Å². The van der Waals surface area contributed by atoms with Crippen LogP contribution in [0.25, 0.3) is 21.5 Å². The molecule has 0 saturated heterocycles. The summed E-state index contributed by atoms with van der Waals surface area (Å²) in [6.07, 6.45) is 10.3. The molecule has 272 valence electrons. The molecule has 2 aromatic heterocycles. The van der Waals surface area contributed by atoms with Crippen LogP contribution in [-0.4, -0.2) is 43.6 Å². The van der Waals surface area contributed by atoms with Crippen molar-refractivity contribution in [1.29, 1.82) is 0 Å². The number of hydrogen-bond donors (Lipinski definition) is 3. The van der Waals surface area contributed by atoms with Crippen LogP contribution in [0, 0.1) is 0 Å². The van der Waals surface area contributed by atoms with Crippen LogP contribution in [0.2, 0.25) is 0 Å². The van der Waals surface area contributed by atoms with Crippen molar-refractivity contribution in [3.63, 3.8) is 0 Å². The Labute approximate surface area is 316 Å². The van der Waals surface area contributed by atoms with Crippen molar-refractivity contribution < 1.29 is 19.8 Å². The number of benzene rings is 4. The molecule has 0 aliphatic rings. The number of aromatic nitrogens is 2. The summed E-state index contributed by atoms with van der Waals surface area (Å²) >= 11 is 9.53. The first-order valence-corrected chi connectivity index (χ1v) is 17.9. The standard InChI is InChI=1S/C21H21NO2.C20H20N2O2.CH2Cl2.CH4/c1-2-3-20(16-6-8-19(23)9-7-16)21(24)13-15-4-5-18-14-22-11-10-17(18)12-15;21-9-7-19(15-3-5-18(23)6-4-15)20(24)12-14-1-2-17-13-22-10-8-16(17)11-14;2-1-3;/h4-12,14,20,23H,2-3,13H2,1H3;1-6,8,10-11,13,19,23H,7,9,12,21H2;1H2;1H4. The van der Waals surface area contributed by atoms with Gasteiger partial charge in [-0.3, -0.25) is 19.6 Å². The van der Waals surface area contributed by atoms with Crippen LogP contribution < -0.4 is 5.73 Å². The minimum atomic E-state index is -0.247. The number of phenolic OH excluding ortho intramolecular Hbond substituents is 2. The van der Waals surface area contributed by atoms with Gasteiger partial charge in [-0.15, -0.1) is 23.2 Å². The summed E-state index contributed by atoms with van der Waals surface area (Å²) in [6.45, 7) is 2.53. The SMILES string of the molecule is C.CCCC(C(=O)Cc1ccc2cnccc2c1)c1ccc(O)cc1.ClCCl.NCCC(C(=O)Cc1ccc2cnccc2c1)c1ccc(O)cc1. The Hall–Kier alpha value is -4.82. The van der Waals surface area contributed by atoms with Crippen LogP contribution in [0.15, 0.2) is 122 Å². The van der Waals surface area contributed by atoms with Crippen LogP contribution in [-0.2, 0) is 22.4 Å². The van der Waals surface area contributed by atoms with Gasteiger partial charge in [-0.05, 0) is 88.8 Å². The maximum Gasteiger partial charge on any atom is 0.144 e. The molecule has 52 heavy (non-hydrogen) atoms. The molecule has 2 unspecified atom stereocenters. The number of ketones is 2. The van der Waals surface area contributed by atoms with E-state index in [0.717, 1.165) is 56.6 Å². The lowest BCUT2D eigenvalue weighted by molar-refractivity contribution is -0.120. The smallest absolute Gasteiger partial charge is 0.144 e. The number of carbonyl (C=O) groups is 2. The van der Waals surface area contributed by atoms with E-state index in [1.165, 1.54) is 0 Å². The third-order valence-electron chi connectivity index (χ3n) is 8.57. The highest BCUT2D eigenvalue weighted by Gasteiger charge is 2.21. The number of Topliss-reactive ketones (excluding diaryl/α,β-unsaturated/α-hetero) is 2. The lowest BCUT2D eigenvalue weighted by atomic mass is 9.87. The molecular weight excluding hydrogens is 693 g/mol. The first kappa shape index (κ1) is 41.6. The van der Waals surface area contributed by atoms with Gasteiger partial charge in [0.2, 0.25) is 0 Å². The van der Waals surface area contributed by atoms with Gasteiger partial charge >= 0.3 is 0 Å². The fourth-order valence-corrected chi connectivity index (χ4v) is 6.03. The summed E-state index contributed by atoms with van der Waals surface area (Å²) in [4.78, 5) is 33.9. The largest absolute Gasteiger partial charge is 0.508 e.